The zero-order valence-electron chi connectivity index (χ0n) is 14.0. The minimum atomic E-state index is -3.68. The highest BCUT2D eigenvalue weighted by atomic mass is 35.5. The molecule has 8 heteroatoms. The van der Waals surface area contributed by atoms with Crippen molar-refractivity contribution < 1.29 is 8.42 Å². The Labute approximate surface area is 157 Å². The summed E-state index contributed by atoms with van der Waals surface area (Å²) >= 11 is 6.38. The van der Waals surface area contributed by atoms with E-state index in [1.54, 1.807) is 18.2 Å². The molecule has 0 saturated carbocycles. The van der Waals surface area contributed by atoms with E-state index in [1.807, 2.05) is 30.3 Å². The molecule has 2 aromatic carbocycles. The van der Waals surface area contributed by atoms with Crippen LogP contribution in [-0.2, 0) is 10.0 Å². The van der Waals surface area contributed by atoms with E-state index in [-0.39, 0.29) is 10.9 Å². The zero-order valence-corrected chi connectivity index (χ0v) is 15.6. The molecule has 0 radical (unpaired) electrons. The molecular formula is C18H19ClN4O2S. The first-order chi connectivity index (χ1) is 12.5. The minimum Gasteiger partial charge on any atom is -0.341 e. The van der Waals surface area contributed by atoms with Crippen LogP contribution in [0.1, 0.15) is 11.6 Å². The summed E-state index contributed by atoms with van der Waals surface area (Å²) in [4.78, 5) is 2.42. The Balaban J connectivity index is 1.62. The van der Waals surface area contributed by atoms with Gasteiger partial charge in [-0.1, -0.05) is 41.9 Å². The Morgan fingerprint density at radius 1 is 1.15 bits per heavy atom. The predicted octanol–water partition coefficient (Wildman–Crippen LogP) is 2.50. The van der Waals surface area contributed by atoms with E-state index in [0.717, 1.165) is 25.2 Å². The quantitative estimate of drug-likeness (QED) is 0.842. The molecule has 1 fully saturated rings. The van der Waals surface area contributed by atoms with Gasteiger partial charge in [0.2, 0.25) is 0 Å². The molecule has 1 atom stereocenters. The molecule has 2 N–H and O–H groups in total. The highest BCUT2D eigenvalue weighted by Crippen LogP contribution is 2.30. The predicted molar refractivity (Wildman–Crippen MR) is 103 cm³/mol. The summed E-state index contributed by atoms with van der Waals surface area (Å²) in [6.07, 6.45) is 0. The number of nitrogens with zero attached hydrogens (tertiary/aromatic N) is 2. The van der Waals surface area contributed by atoms with Gasteiger partial charge in [0.25, 0.3) is 10.0 Å². The van der Waals surface area contributed by atoms with Crippen LogP contribution in [-0.4, -0.2) is 45.3 Å². The Bertz CT molecular complexity index is 961. The molecule has 2 aliphatic heterocycles. The number of nitrogens with one attached hydrogen (secondary N) is 2. The topological polar surface area (TPSA) is 73.8 Å². The molecule has 2 heterocycles. The normalized spacial score (nSPS) is 22.2. The van der Waals surface area contributed by atoms with Gasteiger partial charge in [-0.25, -0.2) is 0 Å². The number of piperazine rings is 1. The largest absolute Gasteiger partial charge is 0.341 e. The highest BCUT2D eigenvalue weighted by molar-refractivity contribution is 7.90. The molecule has 0 amide bonds. The Morgan fingerprint density at radius 2 is 1.92 bits per heavy atom. The van der Waals surface area contributed by atoms with Gasteiger partial charge in [0, 0.05) is 30.7 Å². The van der Waals surface area contributed by atoms with Crippen LogP contribution in [0.3, 0.4) is 0 Å². The number of hydrogen-bond acceptors (Lipinski definition) is 5. The van der Waals surface area contributed by atoms with Crippen molar-refractivity contribution in [2.75, 3.05) is 31.5 Å². The molecule has 1 saturated heterocycles. The van der Waals surface area contributed by atoms with E-state index >= 15 is 0 Å². The third-order valence-corrected chi connectivity index (χ3v) is 6.36. The molecule has 6 nitrogen and oxygen atoms in total. The van der Waals surface area contributed by atoms with E-state index in [0.29, 0.717) is 23.1 Å². The van der Waals surface area contributed by atoms with Crippen molar-refractivity contribution >= 4 is 33.1 Å². The van der Waals surface area contributed by atoms with Gasteiger partial charge in [-0.15, -0.1) is 4.40 Å². The first kappa shape index (κ1) is 17.5. The van der Waals surface area contributed by atoms with Crippen molar-refractivity contribution in [1.82, 2.24) is 10.2 Å². The van der Waals surface area contributed by atoms with E-state index in [2.05, 4.69) is 19.9 Å². The van der Waals surface area contributed by atoms with Crippen molar-refractivity contribution in [2.24, 2.45) is 4.40 Å². The van der Waals surface area contributed by atoms with Crippen LogP contribution in [0.5, 0.6) is 0 Å². The molecule has 2 aliphatic rings. The van der Waals surface area contributed by atoms with Gasteiger partial charge in [0.05, 0.1) is 12.2 Å². The molecule has 26 heavy (non-hydrogen) atoms. The number of para-hydroxylation sites is 1. The second kappa shape index (κ2) is 7.00. The fourth-order valence-corrected chi connectivity index (χ4v) is 4.82. The summed E-state index contributed by atoms with van der Waals surface area (Å²) in [5.74, 6) is 0.433. The summed E-state index contributed by atoms with van der Waals surface area (Å²) in [7, 11) is -3.68. The van der Waals surface area contributed by atoms with E-state index in [1.165, 1.54) is 0 Å². The molecule has 0 aromatic heterocycles. The fraction of sp³-hybridized carbons (Fsp3) is 0.278. The summed E-state index contributed by atoms with van der Waals surface area (Å²) in [6.45, 7) is 2.77. The van der Waals surface area contributed by atoms with Gasteiger partial charge in [-0.05, 0) is 23.8 Å². The summed E-state index contributed by atoms with van der Waals surface area (Å²) in [5, 5.41) is 7.25. The van der Waals surface area contributed by atoms with Gasteiger partial charge < -0.3 is 10.6 Å². The number of halogens is 1. The van der Waals surface area contributed by atoms with Crippen molar-refractivity contribution in [3.63, 3.8) is 0 Å². The second-order valence-electron chi connectivity index (χ2n) is 6.35. The Kier molecular flexibility index (Phi) is 4.71. The van der Waals surface area contributed by atoms with Gasteiger partial charge in [-0.3, -0.25) is 4.90 Å². The van der Waals surface area contributed by atoms with Crippen LogP contribution >= 0.6 is 11.6 Å². The summed E-state index contributed by atoms with van der Waals surface area (Å²) < 4.78 is 28.9. The smallest absolute Gasteiger partial charge is 0.286 e. The number of amidine groups is 1. The molecule has 0 spiro atoms. The first-order valence-corrected chi connectivity index (χ1v) is 10.3. The lowest BCUT2D eigenvalue weighted by Gasteiger charge is -2.37. The van der Waals surface area contributed by atoms with Crippen LogP contribution in [0.25, 0.3) is 0 Å². The molecular weight excluding hydrogens is 372 g/mol. The van der Waals surface area contributed by atoms with Crippen molar-refractivity contribution in [3.05, 3.63) is 59.1 Å². The van der Waals surface area contributed by atoms with E-state index in [9.17, 15) is 8.42 Å². The minimum absolute atomic E-state index is 0.0572. The van der Waals surface area contributed by atoms with Crippen molar-refractivity contribution in [1.29, 1.82) is 0 Å². The average Bonchev–Trinajstić information content (AvgIpc) is 2.62. The monoisotopic (exact) mass is 390 g/mol. The molecule has 2 aromatic rings. The van der Waals surface area contributed by atoms with Crippen molar-refractivity contribution in [2.45, 2.75) is 10.9 Å². The maximum atomic E-state index is 12.5. The maximum Gasteiger partial charge on any atom is 0.286 e. The standard InChI is InChI=1S/C18H19ClN4O2S/c19-14-6-2-1-5-13(14)16-11-20-9-10-23(16)12-18-21-15-7-3-4-8-17(15)26(24,25)22-18/h1-8,16,20H,9-12H2,(H,21,22). The van der Waals surface area contributed by atoms with Gasteiger partial charge >= 0.3 is 0 Å². The second-order valence-corrected chi connectivity index (χ2v) is 8.33. The van der Waals surface area contributed by atoms with Crippen LogP contribution in [0, 0.1) is 0 Å². The van der Waals surface area contributed by atoms with Crippen LogP contribution < -0.4 is 10.6 Å². The average molecular weight is 391 g/mol. The number of sulfonamides is 1. The third-order valence-electron chi connectivity index (χ3n) is 4.65. The Hall–Kier alpha value is -1.93. The highest BCUT2D eigenvalue weighted by Gasteiger charge is 2.30. The van der Waals surface area contributed by atoms with Gasteiger partial charge in [0.15, 0.2) is 0 Å². The molecule has 4 rings (SSSR count). The summed E-state index contributed by atoms with van der Waals surface area (Å²) in [6, 6.07) is 14.6. The number of anilines is 1. The number of hydrogen-bond donors (Lipinski definition) is 2. The maximum absolute atomic E-state index is 12.5. The van der Waals surface area contributed by atoms with Crippen molar-refractivity contribution in [3.8, 4) is 0 Å². The lowest BCUT2D eigenvalue weighted by atomic mass is 10.0. The number of rotatable bonds is 3. The SMILES string of the molecule is O=S1(=O)N=C(CN2CCNCC2c2ccccc2Cl)Nc2ccccc21. The van der Waals surface area contributed by atoms with Crippen LogP contribution in [0.4, 0.5) is 5.69 Å². The first-order valence-electron chi connectivity index (χ1n) is 8.44. The Morgan fingerprint density at radius 3 is 2.77 bits per heavy atom. The molecule has 0 bridgehead atoms. The third kappa shape index (κ3) is 3.35. The van der Waals surface area contributed by atoms with E-state index < -0.39 is 10.0 Å². The lowest BCUT2D eigenvalue weighted by molar-refractivity contribution is 0.186. The number of benzene rings is 2. The van der Waals surface area contributed by atoms with Gasteiger partial charge in [-0.2, -0.15) is 8.42 Å². The molecule has 1 unspecified atom stereocenters. The van der Waals surface area contributed by atoms with Crippen LogP contribution in [0.2, 0.25) is 5.02 Å². The van der Waals surface area contributed by atoms with Gasteiger partial charge in [0.1, 0.15) is 10.7 Å². The molecule has 136 valence electrons. The van der Waals surface area contributed by atoms with Crippen LogP contribution in [0.15, 0.2) is 57.8 Å². The molecule has 0 aliphatic carbocycles. The zero-order chi connectivity index (χ0) is 18.1. The summed E-state index contributed by atoms with van der Waals surface area (Å²) in [5.41, 5.74) is 1.60. The van der Waals surface area contributed by atoms with E-state index in [4.69, 9.17) is 11.6 Å². The fourth-order valence-electron chi connectivity index (χ4n) is 3.42. The number of fused-ring (bicyclic) bond motifs is 1. The lowest BCUT2D eigenvalue weighted by Crippen LogP contribution is -2.49.